The van der Waals surface area contributed by atoms with Crippen LogP contribution in [0.25, 0.3) is 0 Å². The zero-order chi connectivity index (χ0) is 45.1. The van der Waals surface area contributed by atoms with E-state index >= 15 is 0 Å². The Bertz CT molecular complexity index is 2200. The molecule has 65 heavy (non-hydrogen) atoms. The van der Waals surface area contributed by atoms with Gasteiger partial charge in [-0.1, -0.05) is 108 Å². The van der Waals surface area contributed by atoms with Crippen molar-refractivity contribution in [3.05, 3.63) is 190 Å². The third-order valence-corrected chi connectivity index (χ3v) is 11.9. The molecule has 1 aliphatic rings. The lowest BCUT2D eigenvalue weighted by atomic mass is 10.0. The number of halogens is 3. The number of benzene rings is 6. The second-order valence-corrected chi connectivity index (χ2v) is 17.3. The Balaban J connectivity index is 0.000000245. The molecule has 1 heterocycles. The molecule has 5 N–H and O–H groups in total. The van der Waals surface area contributed by atoms with Gasteiger partial charge in [-0.2, -0.15) is 0 Å². The molecular weight excluding hydrogens is 879 g/mol. The summed E-state index contributed by atoms with van der Waals surface area (Å²) in [5.41, 5.74) is 6.57. The number of hydrogen-bond donors (Lipinski definition) is 5. The molecule has 9 nitrogen and oxygen atoms in total. The van der Waals surface area contributed by atoms with Crippen molar-refractivity contribution >= 4 is 47.0 Å². The molecule has 0 aromatic heterocycles. The highest BCUT2D eigenvalue weighted by molar-refractivity contribution is 6.30. The zero-order valence-corrected chi connectivity index (χ0v) is 39.5. The molecule has 0 radical (unpaired) electrons. The van der Waals surface area contributed by atoms with Crippen molar-refractivity contribution in [2.45, 2.75) is 76.7 Å². The summed E-state index contributed by atoms with van der Waals surface area (Å²) in [6, 6.07) is 51.0. The first kappa shape index (κ1) is 51.2. The van der Waals surface area contributed by atoms with Crippen LogP contribution in [0.2, 0.25) is 10.0 Å². The van der Waals surface area contributed by atoms with E-state index in [0.29, 0.717) is 23.2 Å². The number of ether oxygens (including phenoxy) is 2. The van der Waals surface area contributed by atoms with Gasteiger partial charge in [0, 0.05) is 66.3 Å². The second-order valence-electron chi connectivity index (χ2n) is 16.4. The lowest BCUT2D eigenvalue weighted by Gasteiger charge is -2.34. The molecule has 1 aliphatic heterocycles. The summed E-state index contributed by atoms with van der Waals surface area (Å²) < 4.78 is 12.0. The van der Waals surface area contributed by atoms with Crippen LogP contribution in [0.4, 0.5) is 11.4 Å². The van der Waals surface area contributed by atoms with E-state index in [2.05, 4.69) is 75.9 Å². The monoisotopic (exact) mass is 940 g/mol. The van der Waals surface area contributed by atoms with Crippen LogP contribution in [0, 0.1) is 0 Å². The van der Waals surface area contributed by atoms with E-state index in [1.54, 1.807) is 24.3 Å². The van der Waals surface area contributed by atoms with Gasteiger partial charge in [-0.15, -0.1) is 12.4 Å². The molecule has 0 spiro atoms. The standard InChI is InChI=1S/C29H35ClN2O3.C24H27ClN2O2.ClH/c1-22(21-35-29-9-5-6-18-34-29)32(19-23-7-3-2-4-8-23)20-28(24-10-12-25(30)13-11-24)31-26-14-16-27(33)17-15-26;1-18(17-28)27(15-19-5-3-2-4-6-19)16-24(20-7-9-21(25)10-8-20)26-22-11-13-23(29)14-12-22;/h2-4,7-8,10-17,22,28-29,31,33H,5-6,9,18-21H2,1H3;2-14,18,24,26,28-29H,15-17H2,1H3;1H/t22-,28+,29?;18-,24+;/m11./s1. The first-order chi connectivity index (χ1) is 31.1. The van der Waals surface area contributed by atoms with Gasteiger partial charge in [0.25, 0.3) is 0 Å². The molecule has 0 bridgehead atoms. The summed E-state index contributed by atoms with van der Waals surface area (Å²) in [5.74, 6) is 0.484. The molecule has 1 saturated heterocycles. The van der Waals surface area contributed by atoms with Crippen LogP contribution in [0.3, 0.4) is 0 Å². The van der Waals surface area contributed by atoms with Crippen LogP contribution >= 0.6 is 35.6 Å². The Morgan fingerprint density at radius 3 is 1.43 bits per heavy atom. The lowest BCUT2D eigenvalue weighted by Crippen LogP contribution is -2.41. The number of phenolic OH excluding ortho intramolecular Hbond substituents is 2. The van der Waals surface area contributed by atoms with Crippen molar-refractivity contribution in [2.75, 3.05) is 43.5 Å². The molecule has 346 valence electrons. The van der Waals surface area contributed by atoms with Crippen molar-refractivity contribution < 1.29 is 24.8 Å². The molecular formula is C53H63Cl3N4O5. The van der Waals surface area contributed by atoms with Gasteiger partial charge in [-0.3, -0.25) is 9.80 Å². The predicted molar refractivity (Wildman–Crippen MR) is 268 cm³/mol. The number of aliphatic hydroxyl groups excluding tert-OH is 1. The van der Waals surface area contributed by atoms with Gasteiger partial charge in [0.05, 0.1) is 25.3 Å². The summed E-state index contributed by atoms with van der Waals surface area (Å²) in [7, 11) is 0. The number of phenols is 2. The average molecular weight is 942 g/mol. The fourth-order valence-corrected chi connectivity index (χ4v) is 7.84. The Labute approximate surface area is 401 Å². The van der Waals surface area contributed by atoms with E-state index in [1.807, 2.05) is 91.9 Å². The van der Waals surface area contributed by atoms with Gasteiger partial charge >= 0.3 is 0 Å². The van der Waals surface area contributed by atoms with E-state index < -0.39 is 0 Å². The third kappa shape index (κ3) is 17.2. The van der Waals surface area contributed by atoms with E-state index in [4.69, 9.17) is 32.7 Å². The number of aliphatic hydroxyl groups is 1. The Hall–Kier alpha value is -4.81. The van der Waals surface area contributed by atoms with Gasteiger partial charge in [0.15, 0.2) is 6.29 Å². The molecule has 1 fully saturated rings. The normalized spacial score (nSPS) is 15.5. The Morgan fingerprint density at radius 2 is 1.03 bits per heavy atom. The highest BCUT2D eigenvalue weighted by Gasteiger charge is 2.24. The van der Waals surface area contributed by atoms with E-state index in [-0.39, 0.29) is 61.0 Å². The molecule has 1 unspecified atom stereocenters. The fourth-order valence-electron chi connectivity index (χ4n) is 7.59. The number of nitrogens with one attached hydrogen (secondary N) is 2. The lowest BCUT2D eigenvalue weighted by molar-refractivity contribution is -0.170. The maximum Gasteiger partial charge on any atom is 0.157 e. The molecule has 0 aliphatic carbocycles. The van der Waals surface area contributed by atoms with E-state index in [9.17, 15) is 15.3 Å². The van der Waals surface area contributed by atoms with Crippen molar-refractivity contribution in [3.8, 4) is 11.5 Å². The quantitative estimate of drug-likeness (QED) is 0.0478. The van der Waals surface area contributed by atoms with Gasteiger partial charge in [-0.25, -0.2) is 0 Å². The Kier molecular flexibility index (Phi) is 21.2. The number of rotatable bonds is 20. The smallest absolute Gasteiger partial charge is 0.157 e. The number of aromatic hydroxyl groups is 2. The molecule has 0 amide bonds. The maximum atomic E-state index is 9.82. The van der Waals surface area contributed by atoms with Crippen molar-refractivity contribution in [2.24, 2.45) is 0 Å². The molecule has 6 aromatic rings. The minimum absolute atomic E-state index is 0. The van der Waals surface area contributed by atoms with E-state index in [0.717, 1.165) is 68.0 Å². The summed E-state index contributed by atoms with van der Waals surface area (Å²) in [6.45, 7) is 8.70. The maximum absolute atomic E-state index is 9.82. The Morgan fingerprint density at radius 1 is 0.600 bits per heavy atom. The van der Waals surface area contributed by atoms with Gasteiger partial charge in [-0.05, 0) is 128 Å². The van der Waals surface area contributed by atoms with Crippen LogP contribution in [-0.2, 0) is 22.6 Å². The molecule has 7 rings (SSSR count). The topological polar surface area (TPSA) is 110 Å². The van der Waals surface area contributed by atoms with Crippen LogP contribution in [0.15, 0.2) is 158 Å². The first-order valence-electron chi connectivity index (χ1n) is 22.1. The highest BCUT2D eigenvalue weighted by atomic mass is 35.5. The van der Waals surface area contributed by atoms with Crippen molar-refractivity contribution in [1.82, 2.24) is 9.80 Å². The zero-order valence-electron chi connectivity index (χ0n) is 37.2. The predicted octanol–water partition coefficient (Wildman–Crippen LogP) is 12.1. The van der Waals surface area contributed by atoms with Crippen molar-refractivity contribution in [3.63, 3.8) is 0 Å². The third-order valence-electron chi connectivity index (χ3n) is 11.4. The van der Waals surface area contributed by atoms with Crippen molar-refractivity contribution in [1.29, 1.82) is 0 Å². The van der Waals surface area contributed by atoms with Gasteiger partial charge in [0.1, 0.15) is 11.5 Å². The number of anilines is 2. The van der Waals surface area contributed by atoms with E-state index in [1.165, 1.54) is 11.1 Å². The summed E-state index contributed by atoms with van der Waals surface area (Å²) in [4.78, 5) is 4.72. The molecule has 0 saturated carbocycles. The number of nitrogens with zero attached hydrogens (tertiary/aromatic N) is 2. The summed E-state index contributed by atoms with van der Waals surface area (Å²) in [6.07, 6.45) is 3.12. The largest absolute Gasteiger partial charge is 0.508 e. The molecule has 5 atom stereocenters. The summed E-state index contributed by atoms with van der Waals surface area (Å²) >= 11 is 12.3. The molecule has 12 heteroatoms. The van der Waals surface area contributed by atoms with Gasteiger partial charge < -0.3 is 35.4 Å². The molecule has 6 aromatic carbocycles. The summed E-state index contributed by atoms with van der Waals surface area (Å²) in [5, 5.41) is 37.7. The average Bonchev–Trinajstić information content (AvgIpc) is 3.32. The minimum Gasteiger partial charge on any atom is -0.508 e. The van der Waals surface area contributed by atoms with Crippen LogP contribution in [-0.4, -0.2) is 76.4 Å². The van der Waals surface area contributed by atoms with Gasteiger partial charge in [0.2, 0.25) is 0 Å². The SMILES string of the molecule is C[C@H](CO)N(Cc1ccccc1)C[C@H](Nc1ccc(O)cc1)c1ccc(Cl)cc1.C[C@H](COC1CCCCO1)N(Cc1ccccc1)C[C@H](Nc1ccc(O)cc1)c1ccc(Cl)cc1.Cl. The second kappa shape index (κ2) is 27.0. The highest BCUT2D eigenvalue weighted by Crippen LogP contribution is 2.28. The van der Waals surface area contributed by atoms with Crippen LogP contribution in [0.1, 0.15) is 67.4 Å². The minimum atomic E-state index is -0.105. The van der Waals surface area contributed by atoms with Crippen LogP contribution in [0.5, 0.6) is 11.5 Å². The van der Waals surface area contributed by atoms with Crippen LogP contribution < -0.4 is 10.6 Å². The number of hydrogen-bond acceptors (Lipinski definition) is 9. The first-order valence-corrected chi connectivity index (χ1v) is 22.9. The fraction of sp³-hybridized carbons (Fsp3) is 0.321.